The van der Waals surface area contributed by atoms with Gasteiger partial charge in [0, 0.05) is 10.9 Å². The third kappa shape index (κ3) is 5.93. The zero-order valence-electron chi connectivity index (χ0n) is 14.5. The Morgan fingerprint density at radius 3 is 2.38 bits per heavy atom. The lowest BCUT2D eigenvalue weighted by Crippen LogP contribution is -2.37. The van der Waals surface area contributed by atoms with E-state index in [0.29, 0.717) is 0 Å². The highest BCUT2D eigenvalue weighted by molar-refractivity contribution is 8.00. The van der Waals surface area contributed by atoms with Crippen molar-refractivity contribution >= 4 is 17.7 Å². The number of thioether (sulfide) groups is 1. The first-order valence-corrected chi connectivity index (χ1v) is 9.11. The Balaban J connectivity index is 1.77. The van der Waals surface area contributed by atoms with Crippen molar-refractivity contribution in [1.82, 2.24) is 5.32 Å². The second-order valence-electron chi connectivity index (χ2n) is 5.87. The second-order valence-corrected chi connectivity index (χ2v) is 7.28. The Kier molecular flexibility index (Phi) is 7.19. The number of rotatable bonds is 8. The molecule has 0 heterocycles. The van der Waals surface area contributed by atoms with E-state index in [1.165, 1.54) is 5.56 Å². The molecule has 24 heavy (non-hydrogen) atoms. The number of amides is 1. The minimum Gasteiger partial charge on any atom is -0.497 e. The summed E-state index contributed by atoms with van der Waals surface area (Å²) in [4.78, 5) is 13.4. The summed E-state index contributed by atoms with van der Waals surface area (Å²) in [6.07, 6.45) is 1.91. The quantitative estimate of drug-likeness (QED) is 0.726. The number of methoxy groups -OCH3 is 1. The van der Waals surface area contributed by atoms with E-state index in [1.807, 2.05) is 49.4 Å². The van der Waals surface area contributed by atoms with E-state index >= 15 is 0 Å². The summed E-state index contributed by atoms with van der Waals surface area (Å²) in [5, 5.41) is 2.98. The number of aryl methyl sites for hydroxylation is 1. The Labute approximate surface area is 148 Å². The molecule has 0 bridgehead atoms. The minimum atomic E-state index is -0.127. The van der Waals surface area contributed by atoms with Gasteiger partial charge in [-0.25, -0.2) is 0 Å². The summed E-state index contributed by atoms with van der Waals surface area (Å²) >= 11 is 1.56. The molecule has 0 saturated heterocycles. The van der Waals surface area contributed by atoms with Crippen molar-refractivity contribution < 1.29 is 9.53 Å². The topological polar surface area (TPSA) is 38.3 Å². The molecule has 3 nitrogen and oxygen atoms in total. The summed E-state index contributed by atoms with van der Waals surface area (Å²) in [6, 6.07) is 18.3. The first-order chi connectivity index (χ1) is 11.6. The predicted molar refractivity (Wildman–Crippen MR) is 101 cm³/mol. The lowest BCUT2D eigenvalue weighted by molar-refractivity contribution is -0.120. The zero-order valence-corrected chi connectivity index (χ0v) is 15.3. The molecule has 0 aliphatic carbocycles. The third-order valence-corrected chi connectivity index (χ3v) is 4.95. The van der Waals surface area contributed by atoms with Crippen LogP contribution >= 0.6 is 11.8 Å². The highest BCUT2D eigenvalue weighted by atomic mass is 32.2. The molecule has 0 unspecified atom stereocenters. The van der Waals surface area contributed by atoms with Crippen LogP contribution in [-0.4, -0.2) is 24.3 Å². The maximum atomic E-state index is 12.3. The van der Waals surface area contributed by atoms with Gasteiger partial charge in [0.15, 0.2) is 0 Å². The van der Waals surface area contributed by atoms with Crippen LogP contribution in [0.2, 0.25) is 0 Å². The number of carbonyl (C=O) groups is 1. The molecule has 2 aromatic carbocycles. The molecule has 0 spiro atoms. The fourth-order valence-corrected chi connectivity index (χ4v) is 3.25. The van der Waals surface area contributed by atoms with Crippen molar-refractivity contribution in [3.05, 3.63) is 60.2 Å². The molecule has 0 radical (unpaired) electrons. The third-order valence-electron chi connectivity index (χ3n) is 3.84. The monoisotopic (exact) mass is 343 g/mol. The Bertz CT molecular complexity index is 628. The Morgan fingerprint density at radius 2 is 1.75 bits per heavy atom. The maximum Gasteiger partial charge on any atom is 0.233 e. The van der Waals surface area contributed by atoms with Crippen molar-refractivity contribution in [2.75, 3.05) is 7.11 Å². The fraction of sp³-hybridized carbons (Fsp3) is 0.350. The number of hydrogen-bond donors (Lipinski definition) is 1. The van der Waals surface area contributed by atoms with E-state index in [9.17, 15) is 4.79 Å². The molecular weight excluding hydrogens is 318 g/mol. The van der Waals surface area contributed by atoms with Crippen molar-refractivity contribution in [2.45, 2.75) is 42.9 Å². The summed E-state index contributed by atoms with van der Waals surface area (Å²) in [5.74, 6) is 0.905. The van der Waals surface area contributed by atoms with E-state index in [2.05, 4.69) is 24.4 Å². The minimum absolute atomic E-state index is 0.0800. The van der Waals surface area contributed by atoms with Crippen molar-refractivity contribution in [3.8, 4) is 5.75 Å². The van der Waals surface area contributed by atoms with E-state index in [0.717, 1.165) is 23.5 Å². The van der Waals surface area contributed by atoms with Crippen LogP contribution in [-0.2, 0) is 11.2 Å². The van der Waals surface area contributed by atoms with Gasteiger partial charge in [0.05, 0.1) is 12.4 Å². The smallest absolute Gasteiger partial charge is 0.233 e. The van der Waals surface area contributed by atoms with E-state index in [4.69, 9.17) is 4.74 Å². The summed E-state index contributed by atoms with van der Waals surface area (Å²) in [5.41, 5.74) is 1.30. The molecule has 0 aliphatic heterocycles. The first kappa shape index (κ1) is 18.4. The molecule has 128 valence electrons. The highest BCUT2D eigenvalue weighted by Gasteiger charge is 2.16. The molecule has 0 aromatic heterocycles. The Hall–Kier alpha value is -1.94. The van der Waals surface area contributed by atoms with Crippen molar-refractivity contribution in [2.24, 2.45) is 0 Å². The number of benzene rings is 2. The first-order valence-electron chi connectivity index (χ1n) is 8.23. The van der Waals surface area contributed by atoms with Crippen molar-refractivity contribution in [3.63, 3.8) is 0 Å². The highest BCUT2D eigenvalue weighted by Crippen LogP contribution is 2.25. The standard InChI is InChI=1S/C20H25NO2S/c1-15(9-10-17-7-5-4-6-8-17)21-20(22)16(2)24-19-13-11-18(23-3)12-14-19/h4-8,11-16H,9-10H2,1-3H3,(H,21,22)/t15-,16-/m0/s1. The molecule has 0 saturated carbocycles. The number of hydrogen-bond acceptors (Lipinski definition) is 3. The van der Waals surface area contributed by atoms with Gasteiger partial charge in [-0.3, -0.25) is 4.79 Å². The molecule has 2 aromatic rings. The average molecular weight is 343 g/mol. The van der Waals surface area contributed by atoms with Crippen LogP contribution in [0.4, 0.5) is 0 Å². The van der Waals surface area contributed by atoms with Crippen molar-refractivity contribution in [1.29, 1.82) is 0 Å². The largest absolute Gasteiger partial charge is 0.497 e. The fourth-order valence-electron chi connectivity index (χ4n) is 2.37. The molecule has 0 aliphatic rings. The molecule has 1 amide bonds. The second kappa shape index (κ2) is 9.38. The van der Waals surface area contributed by atoms with Gasteiger partial charge in [0.2, 0.25) is 5.91 Å². The van der Waals surface area contributed by atoms with Gasteiger partial charge < -0.3 is 10.1 Å². The van der Waals surface area contributed by atoms with Crippen LogP contribution in [0.1, 0.15) is 25.8 Å². The molecular formula is C20H25NO2S. The molecule has 0 fully saturated rings. The van der Waals surface area contributed by atoms with Crippen LogP contribution in [0.25, 0.3) is 0 Å². The van der Waals surface area contributed by atoms with Crippen LogP contribution in [0.15, 0.2) is 59.5 Å². The van der Waals surface area contributed by atoms with Gasteiger partial charge in [-0.2, -0.15) is 0 Å². The molecule has 4 heteroatoms. The van der Waals surface area contributed by atoms with Crippen LogP contribution in [0.3, 0.4) is 0 Å². The number of nitrogens with one attached hydrogen (secondary N) is 1. The molecule has 2 rings (SSSR count). The number of carbonyl (C=O) groups excluding carboxylic acids is 1. The van der Waals surface area contributed by atoms with Gasteiger partial charge in [-0.15, -0.1) is 11.8 Å². The van der Waals surface area contributed by atoms with Gasteiger partial charge in [0.25, 0.3) is 0 Å². The maximum absolute atomic E-state index is 12.3. The van der Waals surface area contributed by atoms with Gasteiger partial charge in [0.1, 0.15) is 5.75 Å². The lowest BCUT2D eigenvalue weighted by Gasteiger charge is -2.17. The zero-order chi connectivity index (χ0) is 17.4. The summed E-state index contributed by atoms with van der Waals surface area (Å²) < 4.78 is 5.15. The molecule has 1 N–H and O–H groups in total. The summed E-state index contributed by atoms with van der Waals surface area (Å²) in [7, 11) is 1.65. The van der Waals surface area contributed by atoms with E-state index in [1.54, 1.807) is 18.9 Å². The van der Waals surface area contributed by atoms with Crippen LogP contribution in [0.5, 0.6) is 5.75 Å². The van der Waals surface area contributed by atoms with Crippen LogP contribution < -0.4 is 10.1 Å². The van der Waals surface area contributed by atoms with E-state index in [-0.39, 0.29) is 17.2 Å². The number of ether oxygens (including phenoxy) is 1. The average Bonchev–Trinajstić information content (AvgIpc) is 2.61. The lowest BCUT2D eigenvalue weighted by atomic mass is 10.1. The normalized spacial score (nSPS) is 13.1. The summed E-state index contributed by atoms with van der Waals surface area (Å²) in [6.45, 7) is 4.00. The van der Waals surface area contributed by atoms with Gasteiger partial charge >= 0.3 is 0 Å². The van der Waals surface area contributed by atoms with Crippen LogP contribution in [0, 0.1) is 0 Å². The van der Waals surface area contributed by atoms with Gasteiger partial charge in [-0.05, 0) is 56.5 Å². The molecule has 2 atom stereocenters. The predicted octanol–water partition coefficient (Wildman–Crippen LogP) is 4.31. The Morgan fingerprint density at radius 1 is 1.08 bits per heavy atom. The van der Waals surface area contributed by atoms with Gasteiger partial charge in [-0.1, -0.05) is 30.3 Å². The SMILES string of the molecule is COc1ccc(S[C@@H](C)C(=O)N[C@@H](C)CCc2ccccc2)cc1. The van der Waals surface area contributed by atoms with E-state index < -0.39 is 0 Å².